The van der Waals surface area contributed by atoms with Crippen LogP contribution in [0, 0.1) is 17.3 Å². The van der Waals surface area contributed by atoms with Gasteiger partial charge in [0.15, 0.2) is 0 Å². The average Bonchev–Trinajstić information content (AvgIpc) is 2.99. The standard InChI is InChI=1S/C17H23NO5/c1-17(2,11-19)14-10-18(9-13(14)16(21)22-3)23-15(20)12-7-5-4-6-8-12/h4-8,13-14,19H,9-11H2,1-3H3. The molecule has 0 aliphatic carbocycles. The first-order chi connectivity index (χ1) is 10.9. The molecule has 0 spiro atoms. The van der Waals surface area contributed by atoms with Crippen LogP contribution in [-0.2, 0) is 14.4 Å². The number of carbonyl (C=O) groups is 2. The van der Waals surface area contributed by atoms with Crippen molar-refractivity contribution in [2.24, 2.45) is 17.3 Å². The van der Waals surface area contributed by atoms with Crippen LogP contribution in [0.1, 0.15) is 24.2 Å². The van der Waals surface area contributed by atoms with Gasteiger partial charge < -0.3 is 14.7 Å². The summed E-state index contributed by atoms with van der Waals surface area (Å²) >= 11 is 0. The lowest BCUT2D eigenvalue weighted by Crippen LogP contribution is -2.37. The van der Waals surface area contributed by atoms with Gasteiger partial charge in [0.1, 0.15) is 0 Å². The van der Waals surface area contributed by atoms with Gasteiger partial charge in [-0.25, -0.2) is 4.79 Å². The van der Waals surface area contributed by atoms with Gasteiger partial charge in [0, 0.05) is 19.7 Å². The van der Waals surface area contributed by atoms with Crippen LogP contribution in [0.15, 0.2) is 30.3 Å². The Kier molecular flexibility index (Phi) is 5.38. The highest BCUT2D eigenvalue weighted by molar-refractivity contribution is 5.89. The quantitative estimate of drug-likeness (QED) is 0.828. The number of nitrogens with zero attached hydrogens (tertiary/aromatic N) is 1. The van der Waals surface area contributed by atoms with Crippen LogP contribution in [0.2, 0.25) is 0 Å². The van der Waals surface area contributed by atoms with Gasteiger partial charge in [0.05, 0.1) is 18.6 Å². The summed E-state index contributed by atoms with van der Waals surface area (Å²) in [6, 6.07) is 8.68. The fourth-order valence-electron chi connectivity index (χ4n) is 2.89. The predicted octanol–water partition coefficient (Wildman–Crippen LogP) is 1.50. The number of hydrogen-bond donors (Lipinski definition) is 1. The number of aliphatic hydroxyl groups excluding tert-OH is 1. The molecule has 6 heteroatoms. The summed E-state index contributed by atoms with van der Waals surface area (Å²) in [6.07, 6.45) is 0. The van der Waals surface area contributed by atoms with E-state index in [2.05, 4.69) is 0 Å². The molecule has 1 aromatic rings. The molecule has 0 radical (unpaired) electrons. The van der Waals surface area contributed by atoms with Crippen LogP contribution in [0.3, 0.4) is 0 Å². The number of rotatable bonds is 5. The van der Waals surface area contributed by atoms with Crippen LogP contribution in [0.25, 0.3) is 0 Å². The molecule has 2 atom stereocenters. The molecule has 1 fully saturated rings. The van der Waals surface area contributed by atoms with Gasteiger partial charge in [0.2, 0.25) is 0 Å². The number of benzene rings is 1. The molecule has 0 bridgehead atoms. The largest absolute Gasteiger partial charge is 0.469 e. The molecule has 0 aromatic heterocycles. The van der Waals surface area contributed by atoms with E-state index in [4.69, 9.17) is 9.57 Å². The van der Waals surface area contributed by atoms with E-state index in [0.29, 0.717) is 12.1 Å². The zero-order valence-corrected chi connectivity index (χ0v) is 13.7. The number of esters is 1. The average molecular weight is 321 g/mol. The molecule has 126 valence electrons. The molecule has 1 aliphatic rings. The van der Waals surface area contributed by atoms with Crippen LogP contribution >= 0.6 is 0 Å². The second-order valence-corrected chi connectivity index (χ2v) is 6.47. The van der Waals surface area contributed by atoms with Gasteiger partial charge in [0.25, 0.3) is 0 Å². The highest BCUT2D eigenvalue weighted by Gasteiger charge is 2.47. The Bertz CT molecular complexity index is 557. The molecule has 23 heavy (non-hydrogen) atoms. The van der Waals surface area contributed by atoms with E-state index >= 15 is 0 Å². The van der Waals surface area contributed by atoms with Crippen molar-refractivity contribution >= 4 is 11.9 Å². The summed E-state index contributed by atoms with van der Waals surface area (Å²) in [5.74, 6) is -1.42. The second kappa shape index (κ2) is 7.10. The van der Waals surface area contributed by atoms with E-state index in [0.717, 1.165) is 0 Å². The lowest BCUT2D eigenvalue weighted by atomic mass is 9.74. The molecule has 1 aliphatic heterocycles. The zero-order valence-electron chi connectivity index (χ0n) is 13.7. The van der Waals surface area contributed by atoms with E-state index in [9.17, 15) is 14.7 Å². The molecule has 1 aromatic carbocycles. The van der Waals surface area contributed by atoms with Crippen LogP contribution < -0.4 is 0 Å². The first kappa shape index (κ1) is 17.4. The molecule has 1 saturated heterocycles. The Morgan fingerprint density at radius 2 is 1.91 bits per heavy atom. The molecule has 2 rings (SSSR count). The number of ether oxygens (including phenoxy) is 1. The topological polar surface area (TPSA) is 76.1 Å². The smallest absolute Gasteiger partial charge is 0.357 e. The van der Waals surface area contributed by atoms with Crippen molar-refractivity contribution in [1.29, 1.82) is 0 Å². The van der Waals surface area contributed by atoms with Crippen molar-refractivity contribution < 1.29 is 24.3 Å². The van der Waals surface area contributed by atoms with E-state index in [1.807, 2.05) is 19.9 Å². The fraction of sp³-hybridized carbons (Fsp3) is 0.529. The Labute approximate surface area is 135 Å². The number of aliphatic hydroxyl groups is 1. The van der Waals surface area contributed by atoms with Crippen LogP contribution in [-0.4, -0.2) is 48.9 Å². The summed E-state index contributed by atoms with van der Waals surface area (Å²) in [4.78, 5) is 29.6. The van der Waals surface area contributed by atoms with E-state index in [1.54, 1.807) is 24.3 Å². The lowest BCUT2D eigenvalue weighted by molar-refractivity contribution is -0.149. The zero-order chi connectivity index (χ0) is 17.0. The van der Waals surface area contributed by atoms with Gasteiger partial charge in [-0.15, -0.1) is 5.06 Å². The SMILES string of the molecule is COC(=O)C1CN(OC(=O)c2ccccc2)CC1C(C)(C)CO. The second-order valence-electron chi connectivity index (χ2n) is 6.47. The third-order valence-electron chi connectivity index (χ3n) is 4.42. The first-order valence-electron chi connectivity index (χ1n) is 7.60. The van der Waals surface area contributed by atoms with Crippen molar-refractivity contribution in [2.75, 3.05) is 26.8 Å². The lowest BCUT2D eigenvalue weighted by Gasteiger charge is -2.31. The third kappa shape index (κ3) is 3.89. The Morgan fingerprint density at radius 3 is 2.48 bits per heavy atom. The molecule has 2 unspecified atom stereocenters. The van der Waals surface area contributed by atoms with Gasteiger partial charge in [-0.05, 0) is 23.5 Å². The Hall–Kier alpha value is -1.92. The first-order valence-corrected chi connectivity index (χ1v) is 7.60. The summed E-state index contributed by atoms with van der Waals surface area (Å²) in [5, 5.41) is 11.1. The predicted molar refractivity (Wildman–Crippen MR) is 83.3 cm³/mol. The third-order valence-corrected chi connectivity index (χ3v) is 4.42. The van der Waals surface area contributed by atoms with Crippen LogP contribution in [0.4, 0.5) is 0 Å². The monoisotopic (exact) mass is 321 g/mol. The van der Waals surface area contributed by atoms with Crippen molar-refractivity contribution in [3.05, 3.63) is 35.9 Å². The minimum absolute atomic E-state index is 0.0639. The van der Waals surface area contributed by atoms with Gasteiger partial charge >= 0.3 is 11.9 Å². The molecule has 0 amide bonds. The maximum atomic E-state index is 12.1. The highest BCUT2D eigenvalue weighted by Crippen LogP contribution is 2.38. The number of carbonyl (C=O) groups excluding carboxylic acids is 2. The number of hydrogen-bond acceptors (Lipinski definition) is 6. The summed E-state index contributed by atoms with van der Waals surface area (Å²) in [7, 11) is 1.34. The van der Waals surface area contributed by atoms with Crippen LogP contribution in [0.5, 0.6) is 0 Å². The van der Waals surface area contributed by atoms with Crippen molar-refractivity contribution in [3.63, 3.8) is 0 Å². The van der Waals surface area contributed by atoms with E-state index < -0.39 is 17.3 Å². The summed E-state index contributed by atoms with van der Waals surface area (Å²) in [5.41, 5.74) is -0.0285. The fourth-order valence-corrected chi connectivity index (χ4v) is 2.89. The molecule has 6 nitrogen and oxygen atoms in total. The van der Waals surface area contributed by atoms with Gasteiger partial charge in [-0.1, -0.05) is 32.0 Å². The molecular formula is C17H23NO5. The van der Waals surface area contributed by atoms with Gasteiger partial charge in [-0.3, -0.25) is 4.79 Å². The Morgan fingerprint density at radius 1 is 1.26 bits per heavy atom. The van der Waals surface area contributed by atoms with E-state index in [1.165, 1.54) is 12.2 Å². The number of methoxy groups -OCH3 is 1. The molecule has 1 N–H and O–H groups in total. The Balaban J connectivity index is 2.10. The number of hydroxylamine groups is 2. The highest BCUT2D eigenvalue weighted by atomic mass is 16.7. The maximum Gasteiger partial charge on any atom is 0.357 e. The van der Waals surface area contributed by atoms with Crippen molar-refractivity contribution in [3.8, 4) is 0 Å². The summed E-state index contributed by atoms with van der Waals surface area (Å²) in [6.45, 7) is 4.35. The molecule has 1 heterocycles. The van der Waals surface area contributed by atoms with Crippen molar-refractivity contribution in [1.82, 2.24) is 5.06 Å². The van der Waals surface area contributed by atoms with Crippen molar-refractivity contribution in [2.45, 2.75) is 13.8 Å². The minimum Gasteiger partial charge on any atom is -0.469 e. The molecule has 0 saturated carbocycles. The van der Waals surface area contributed by atoms with E-state index in [-0.39, 0.29) is 25.0 Å². The van der Waals surface area contributed by atoms with Gasteiger partial charge in [-0.2, -0.15) is 0 Å². The minimum atomic E-state index is -0.479. The maximum absolute atomic E-state index is 12.1. The normalized spacial score (nSPS) is 21.9. The summed E-state index contributed by atoms with van der Waals surface area (Å²) < 4.78 is 4.85. The molecular weight excluding hydrogens is 298 g/mol.